The van der Waals surface area contributed by atoms with E-state index in [4.69, 9.17) is 34.4 Å². The number of rotatable bonds is 25. The number of hydrogen-bond acceptors (Lipinski definition) is 17. The second kappa shape index (κ2) is 27.9. The highest BCUT2D eigenvalue weighted by molar-refractivity contribution is 8.14. The van der Waals surface area contributed by atoms with Crippen molar-refractivity contribution < 1.29 is 57.2 Å². The molecular formula is C60H75N9O13S. The molecule has 0 bridgehead atoms. The summed E-state index contributed by atoms with van der Waals surface area (Å²) in [4.78, 5) is 114. The number of nitrogens with one attached hydrogen (secondary N) is 4. The van der Waals surface area contributed by atoms with E-state index < -0.39 is 72.4 Å². The van der Waals surface area contributed by atoms with Crippen LogP contribution in [0.3, 0.4) is 0 Å². The van der Waals surface area contributed by atoms with E-state index in [1.54, 1.807) is 65.4 Å². The number of hydrogen-bond donors (Lipinski definition) is 5. The van der Waals surface area contributed by atoms with E-state index >= 15 is 0 Å². The SMILES string of the molecule is CC(=O)N(CCc1c2c(nc3ccccc13)-c1cc3c(c(=O)n1C2)COC(=O)C3OC(=O)OCc1ccc(NC(=O)CNC(=O)COCC(=O)NC(C)(C)COC(C)(C)CNC(=O)CCC/C=C\C2=CN=C(N)SC(C)C2C)cc1)C(C)C. The minimum Gasteiger partial charge on any atom is -0.458 e. The van der Waals surface area contributed by atoms with Gasteiger partial charge in [0.15, 0.2) is 5.17 Å². The van der Waals surface area contributed by atoms with Gasteiger partial charge >= 0.3 is 12.1 Å². The first-order chi connectivity index (χ1) is 39.4. The summed E-state index contributed by atoms with van der Waals surface area (Å²) in [7, 11) is 0. The maximum Gasteiger partial charge on any atom is 0.509 e. The first-order valence-corrected chi connectivity index (χ1v) is 28.5. The molecule has 5 amide bonds. The first kappa shape index (κ1) is 62.7. The number of esters is 1. The Hall–Kier alpha value is -7.89. The predicted octanol–water partition coefficient (Wildman–Crippen LogP) is 6.25. The second-order valence-corrected chi connectivity index (χ2v) is 23.7. The third-order valence-electron chi connectivity index (χ3n) is 14.3. The molecule has 3 aliphatic heterocycles. The van der Waals surface area contributed by atoms with Crippen LogP contribution in [0.5, 0.6) is 0 Å². The fourth-order valence-electron chi connectivity index (χ4n) is 9.60. The molecule has 22 nitrogen and oxygen atoms in total. The number of allylic oxidation sites excluding steroid dienone is 3. The molecule has 4 aromatic rings. The third kappa shape index (κ3) is 17.1. The van der Waals surface area contributed by atoms with E-state index in [0.29, 0.717) is 70.3 Å². The van der Waals surface area contributed by atoms with Crippen LogP contribution in [0.1, 0.15) is 115 Å². The molecular weight excluding hydrogens is 1090 g/mol. The molecule has 0 radical (unpaired) electrons. The van der Waals surface area contributed by atoms with Gasteiger partial charge < -0.3 is 60.2 Å². The van der Waals surface area contributed by atoms with Crippen LogP contribution in [-0.4, -0.2) is 123 Å². The molecule has 0 saturated carbocycles. The topological polar surface area (TPSA) is 290 Å². The number of carbonyl (C=O) groups is 7. The number of aliphatic imine (C=N–C) groups is 1. The zero-order valence-electron chi connectivity index (χ0n) is 48.5. The number of para-hydroxylation sites is 1. The number of carbonyl (C=O) groups excluding carboxylic acids is 7. The smallest absolute Gasteiger partial charge is 0.458 e. The number of benzene rings is 2. The molecule has 0 fully saturated rings. The Balaban J connectivity index is 0.796. The van der Waals surface area contributed by atoms with Crippen LogP contribution in [0, 0.1) is 5.92 Å². The molecule has 6 N–H and O–H groups in total. The van der Waals surface area contributed by atoms with E-state index in [2.05, 4.69) is 52.3 Å². The van der Waals surface area contributed by atoms with Crippen molar-refractivity contribution in [3.63, 3.8) is 0 Å². The number of aromatic nitrogens is 2. The van der Waals surface area contributed by atoms with Crippen molar-refractivity contribution in [2.75, 3.05) is 44.8 Å². The van der Waals surface area contributed by atoms with Crippen LogP contribution in [0.15, 0.2) is 88.3 Å². The van der Waals surface area contributed by atoms with Crippen LogP contribution in [0.2, 0.25) is 0 Å². The van der Waals surface area contributed by atoms with Gasteiger partial charge in [-0.1, -0.05) is 68.1 Å². The predicted molar refractivity (Wildman–Crippen MR) is 314 cm³/mol. The lowest BCUT2D eigenvalue weighted by Crippen LogP contribution is -2.51. The molecule has 3 atom stereocenters. The van der Waals surface area contributed by atoms with Gasteiger partial charge in [-0.15, -0.1) is 0 Å². The van der Waals surface area contributed by atoms with Gasteiger partial charge in [-0.25, -0.2) is 19.6 Å². The summed E-state index contributed by atoms with van der Waals surface area (Å²) in [5.41, 5.74) is 9.73. The van der Waals surface area contributed by atoms with E-state index in [1.807, 2.05) is 58.2 Å². The zero-order chi connectivity index (χ0) is 60.2. The fraction of sp³-hybridized carbons (Fsp3) is 0.467. The normalized spacial score (nSPS) is 16.6. The minimum atomic E-state index is -1.60. The summed E-state index contributed by atoms with van der Waals surface area (Å²) < 4.78 is 29.1. The minimum absolute atomic E-state index is 0.0132. The lowest BCUT2D eigenvalue weighted by Gasteiger charge is -2.32. The van der Waals surface area contributed by atoms with Crippen LogP contribution < -0.4 is 32.6 Å². The van der Waals surface area contributed by atoms with Crippen molar-refractivity contribution in [2.24, 2.45) is 16.6 Å². The van der Waals surface area contributed by atoms with Gasteiger partial charge in [0.2, 0.25) is 35.6 Å². The van der Waals surface area contributed by atoms with Gasteiger partial charge in [-0.2, -0.15) is 0 Å². The van der Waals surface area contributed by atoms with Crippen LogP contribution >= 0.6 is 11.8 Å². The number of nitrogens with zero attached hydrogens (tertiary/aromatic N) is 4. The number of ether oxygens (including phenoxy) is 5. The Labute approximate surface area is 486 Å². The molecule has 2 aromatic carbocycles. The third-order valence-corrected chi connectivity index (χ3v) is 15.4. The summed E-state index contributed by atoms with van der Waals surface area (Å²) in [5.74, 6) is -2.38. The van der Waals surface area contributed by atoms with Gasteiger partial charge in [0.1, 0.15) is 26.4 Å². The highest BCUT2D eigenvalue weighted by atomic mass is 32.2. The van der Waals surface area contributed by atoms with Gasteiger partial charge in [-0.3, -0.25) is 28.8 Å². The van der Waals surface area contributed by atoms with Crippen molar-refractivity contribution in [1.82, 2.24) is 30.4 Å². The molecule has 0 aliphatic carbocycles. The van der Waals surface area contributed by atoms with Gasteiger partial charge in [0.05, 0.1) is 53.3 Å². The quantitative estimate of drug-likeness (QED) is 0.0319. The number of unbranched alkanes of at least 4 members (excludes halogenated alkanes) is 1. The largest absolute Gasteiger partial charge is 0.509 e. The zero-order valence-corrected chi connectivity index (χ0v) is 49.3. The molecule has 0 spiro atoms. The van der Waals surface area contributed by atoms with Crippen molar-refractivity contribution >= 4 is 75.2 Å². The molecule has 0 saturated heterocycles. The standard InChI is InChI=1S/C60H75N9O13S/c1-35(2)68(38(5)70)24-23-42-43-16-13-14-17-47(43)66-53-45(42)28-69-48(53)25-44-46(55(69)75)30-79-56(76)54(44)82-58(77)80-29-39-19-21-41(22-20-39)65-50(72)27-62-51(73)31-78-32-52(74)67-59(6,7)34-81-60(8,9)33-64-49(71)18-12-10-11-15-40-26-63-57(61)83-37(4)36(40)3/h11,13-17,19-22,25-26,35-37,54H,10,12,18,23-24,27-34H2,1-9H3,(H2,61,63)(H,62,73)(H,64,71)(H,65,72)(H,67,74)/b15-11-. The van der Waals surface area contributed by atoms with Crippen molar-refractivity contribution in [2.45, 2.75) is 136 Å². The van der Waals surface area contributed by atoms with Crippen LogP contribution in [0.4, 0.5) is 10.5 Å². The molecule has 444 valence electrons. The molecule has 3 unspecified atom stereocenters. The second-order valence-electron chi connectivity index (χ2n) is 22.3. The molecule has 3 aliphatic rings. The molecule has 2 aromatic heterocycles. The summed E-state index contributed by atoms with van der Waals surface area (Å²) in [6.07, 6.45) is 5.41. The average Bonchev–Trinajstić information content (AvgIpc) is 1.81. The highest BCUT2D eigenvalue weighted by Crippen LogP contribution is 2.39. The number of pyridine rings is 2. The molecule has 83 heavy (non-hydrogen) atoms. The van der Waals surface area contributed by atoms with Gasteiger partial charge in [-0.05, 0) is 108 Å². The van der Waals surface area contributed by atoms with Crippen molar-refractivity contribution in [1.29, 1.82) is 0 Å². The Morgan fingerprint density at radius 2 is 1.69 bits per heavy atom. The Bertz CT molecular complexity index is 3260. The van der Waals surface area contributed by atoms with E-state index in [1.165, 1.54) is 6.92 Å². The summed E-state index contributed by atoms with van der Waals surface area (Å²) in [5, 5.41) is 12.6. The fourth-order valence-corrected chi connectivity index (χ4v) is 10.5. The van der Waals surface area contributed by atoms with E-state index in [-0.39, 0.29) is 61.9 Å². The summed E-state index contributed by atoms with van der Waals surface area (Å²) >= 11 is 1.56. The number of amidine groups is 1. The Morgan fingerprint density at radius 3 is 2.42 bits per heavy atom. The Morgan fingerprint density at radius 1 is 0.952 bits per heavy atom. The van der Waals surface area contributed by atoms with E-state index in [9.17, 15) is 38.4 Å². The number of cyclic esters (lactones) is 1. The maximum absolute atomic E-state index is 14.1. The summed E-state index contributed by atoms with van der Waals surface area (Å²) in [6.45, 7) is 16.1. The highest BCUT2D eigenvalue weighted by Gasteiger charge is 2.39. The number of thioether (sulfide) groups is 1. The van der Waals surface area contributed by atoms with E-state index in [0.717, 1.165) is 28.5 Å². The van der Waals surface area contributed by atoms with Crippen molar-refractivity contribution in [3.05, 3.63) is 117 Å². The van der Waals surface area contributed by atoms with Gasteiger partial charge in [0, 0.05) is 66.1 Å². The van der Waals surface area contributed by atoms with Crippen LogP contribution in [0.25, 0.3) is 22.3 Å². The Kier molecular flexibility index (Phi) is 21.1. The van der Waals surface area contributed by atoms with Crippen LogP contribution in [-0.2, 0) is 78.6 Å². The maximum atomic E-state index is 14.1. The first-order valence-electron chi connectivity index (χ1n) is 27.6. The molecule has 5 heterocycles. The van der Waals surface area contributed by atoms with Gasteiger partial charge in [0.25, 0.3) is 5.56 Å². The lowest BCUT2D eigenvalue weighted by molar-refractivity contribution is -0.159. The lowest BCUT2D eigenvalue weighted by atomic mass is 9.96. The number of fused-ring (bicyclic) bond motifs is 5. The molecule has 7 rings (SSSR count). The molecule has 23 heteroatoms. The monoisotopic (exact) mass is 1160 g/mol. The van der Waals surface area contributed by atoms with Crippen molar-refractivity contribution in [3.8, 4) is 11.4 Å². The number of amides is 5. The number of nitrogens with two attached hydrogens (primary N) is 1. The average molecular weight is 1160 g/mol. The summed E-state index contributed by atoms with van der Waals surface area (Å²) in [6, 6.07) is 15.5. The number of anilines is 1.